The Labute approximate surface area is 219 Å². The van der Waals surface area contributed by atoms with Gasteiger partial charge in [0.05, 0.1) is 0 Å². The molecule has 40 heavy (non-hydrogen) atoms. The standard InChI is InChI=1S/C24H13F3O13/c25-24(26,27)23(10-4-2-1-3-5-10)11-6-15(37-19(28)29)17(39-21(32)33)8-13(11)36-14-9-18(40-22(34)35)16(7-12(14)23)38-20(30)31/h1-9H,(H,28,29)(H,30,31)(H,32,33)(H,34,35). The van der Waals surface area contributed by atoms with Crippen molar-refractivity contribution in [2.45, 2.75) is 11.6 Å². The highest BCUT2D eigenvalue weighted by Crippen LogP contribution is 2.62. The van der Waals surface area contributed by atoms with Crippen LogP contribution in [0.15, 0.2) is 54.6 Å². The number of benzene rings is 3. The molecule has 0 unspecified atom stereocenters. The highest BCUT2D eigenvalue weighted by Gasteiger charge is 2.63. The van der Waals surface area contributed by atoms with E-state index in [9.17, 15) is 19.2 Å². The molecule has 0 radical (unpaired) electrons. The molecule has 3 aromatic carbocycles. The van der Waals surface area contributed by atoms with E-state index < -0.39 is 87.4 Å². The number of fused-ring (bicyclic) bond motifs is 2. The van der Waals surface area contributed by atoms with Crippen molar-refractivity contribution in [3.63, 3.8) is 0 Å². The lowest BCUT2D eigenvalue weighted by Gasteiger charge is -2.42. The van der Waals surface area contributed by atoms with Crippen LogP contribution >= 0.6 is 0 Å². The molecule has 208 valence electrons. The minimum absolute atomic E-state index is 0.491. The van der Waals surface area contributed by atoms with Crippen molar-refractivity contribution in [1.82, 2.24) is 0 Å². The molecule has 0 spiro atoms. The average molecular weight is 566 g/mol. The van der Waals surface area contributed by atoms with Crippen LogP contribution in [-0.4, -0.2) is 51.2 Å². The summed E-state index contributed by atoms with van der Waals surface area (Å²) < 4.78 is 69.8. The van der Waals surface area contributed by atoms with E-state index in [0.717, 1.165) is 12.1 Å². The number of hydrogen-bond acceptors (Lipinski definition) is 9. The molecule has 13 nitrogen and oxygen atoms in total. The molecule has 1 heterocycles. The molecule has 4 rings (SSSR count). The summed E-state index contributed by atoms with van der Waals surface area (Å²) >= 11 is 0. The van der Waals surface area contributed by atoms with E-state index in [-0.39, 0.29) is 0 Å². The molecule has 0 aromatic heterocycles. The largest absolute Gasteiger partial charge is 0.511 e. The van der Waals surface area contributed by atoms with Gasteiger partial charge < -0.3 is 44.1 Å². The first-order valence-corrected chi connectivity index (χ1v) is 10.5. The van der Waals surface area contributed by atoms with Crippen molar-refractivity contribution < 1.29 is 76.5 Å². The van der Waals surface area contributed by atoms with Gasteiger partial charge in [0.25, 0.3) is 0 Å². The van der Waals surface area contributed by atoms with Crippen LogP contribution in [0, 0.1) is 0 Å². The third-order valence-electron chi connectivity index (χ3n) is 5.54. The van der Waals surface area contributed by atoms with E-state index in [2.05, 4.69) is 18.9 Å². The fraction of sp³-hybridized carbons (Fsp3) is 0.0833. The van der Waals surface area contributed by atoms with E-state index in [1.807, 2.05) is 0 Å². The van der Waals surface area contributed by atoms with Crippen LogP contribution in [0.1, 0.15) is 16.7 Å². The summed E-state index contributed by atoms with van der Waals surface area (Å²) in [4.78, 5) is 44.9. The highest BCUT2D eigenvalue weighted by molar-refractivity contribution is 5.75. The van der Waals surface area contributed by atoms with Gasteiger partial charge in [0, 0.05) is 23.3 Å². The Balaban J connectivity index is 2.17. The van der Waals surface area contributed by atoms with Gasteiger partial charge in [0.15, 0.2) is 23.0 Å². The van der Waals surface area contributed by atoms with Gasteiger partial charge in [0.2, 0.25) is 0 Å². The quantitative estimate of drug-likeness (QED) is 0.210. The summed E-state index contributed by atoms with van der Waals surface area (Å²) in [6, 6.07) is 8.39. The lowest BCUT2D eigenvalue weighted by atomic mass is 9.67. The summed E-state index contributed by atoms with van der Waals surface area (Å²) in [5, 5.41) is 36.3. The van der Waals surface area contributed by atoms with Crippen molar-refractivity contribution in [2.24, 2.45) is 0 Å². The van der Waals surface area contributed by atoms with Crippen molar-refractivity contribution in [1.29, 1.82) is 0 Å². The fourth-order valence-corrected chi connectivity index (χ4v) is 4.26. The fourth-order valence-electron chi connectivity index (χ4n) is 4.26. The van der Waals surface area contributed by atoms with E-state index in [0.29, 0.717) is 24.3 Å². The summed E-state index contributed by atoms with van der Waals surface area (Å²) in [5.74, 6) is -4.99. The monoisotopic (exact) mass is 566 g/mol. The van der Waals surface area contributed by atoms with Gasteiger partial charge in [-0.3, -0.25) is 0 Å². The second-order valence-electron chi connectivity index (χ2n) is 7.78. The van der Waals surface area contributed by atoms with E-state index in [1.54, 1.807) is 0 Å². The topological polar surface area (TPSA) is 195 Å². The molecule has 16 heteroatoms. The SMILES string of the molecule is O=C(O)Oc1cc2c(cc1OC(=O)O)C(c1ccccc1)(C(F)(F)F)c1cc(OC(=O)O)c(OC(=O)O)cc1O2. The van der Waals surface area contributed by atoms with E-state index >= 15 is 13.2 Å². The Kier molecular flexibility index (Phi) is 6.77. The lowest BCUT2D eigenvalue weighted by Crippen LogP contribution is -2.46. The second-order valence-corrected chi connectivity index (χ2v) is 7.78. The van der Waals surface area contributed by atoms with E-state index in [4.69, 9.17) is 25.2 Å². The van der Waals surface area contributed by atoms with Gasteiger partial charge in [-0.05, 0) is 17.7 Å². The smallest absolute Gasteiger partial charge is 0.456 e. The van der Waals surface area contributed by atoms with Crippen molar-refractivity contribution >= 4 is 24.6 Å². The number of hydrogen-bond donors (Lipinski definition) is 4. The Hall–Kier alpha value is -5.67. The molecular weight excluding hydrogens is 553 g/mol. The van der Waals surface area contributed by atoms with Gasteiger partial charge in [-0.25, -0.2) is 19.2 Å². The van der Waals surface area contributed by atoms with Crippen LogP contribution in [0.25, 0.3) is 0 Å². The number of carboxylic acid groups (broad SMARTS) is 4. The maximum atomic E-state index is 15.4. The molecule has 0 amide bonds. The van der Waals surface area contributed by atoms with E-state index in [1.165, 1.54) is 18.2 Å². The number of halogens is 3. The predicted octanol–water partition coefficient (Wildman–Crippen LogP) is 5.92. The molecule has 0 saturated carbocycles. The van der Waals surface area contributed by atoms with Crippen LogP contribution < -0.4 is 23.7 Å². The zero-order chi connectivity index (χ0) is 29.4. The van der Waals surface area contributed by atoms with Crippen molar-refractivity contribution in [3.05, 3.63) is 71.3 Å². The Morgan fingerprint density at radius 2 is 0.975 bits per heavy atom. The molecule has 0 saturated heterocycles. The first kappa shape index (κ1) is 27.4. The zero-order valence-electron chi connectivity index (χ0n) is 19.3. The Bertz CT molecular complexity index is 1450. The van der Waals surface area contributed by atoms with Crippen LogP contribution in [0.3, 0.4) is 0 Å². The molecule has 0 atom stereocenters. The Morgan fingerprint density at radius 3 is 1.30 bits per heavy atom. The second kappa shape index (κ2) is 9.90. The maximum absolute atomic E-state index is 15.4. The molecule has 0 aliphatic carbocycles. The molecule has 3 aromatic rings. The van der Waals surface area contributed by atoms with Crippen LogP contribution in [0.5, 0.6) is 34.5 Å². The summed E-state index contributed by atoms with van der Waals surface area (Å²) in [7, 11) is 0. The highest BCUT2D eigenvalue weighted by atomic mass is 19.4. The molecule has 1 aliphatic heterocycles. The lowest BCUT2D eigenvalue weighted by molar-refractivity contribution is -0.168. The summed E-state index contributed by atoms with van der Waals surface area (Å²) in [6.07, 6.45) is -13.3. The van der Waals surface area contributed by atoms with Gasteiger partial charge in [-0.2, -0.15) is 13.2 Å². The summed E-state index contributed by atoms with van der Waals surface area (Å²) in [6.45, 7) is 0. The zero-order valence-corrected chi connectivity index (χ0v) is 19.3. The maximum Gasteiger partial charge on any atom is 0.511 e. The van der Waals surface area contributed by atoms with Crippen LogP contribution in [0.2, 0.25) is 0 Å². The average Bonchev–Trinajstić information content (AvgIpc) is 2.82. The first-order valence-electron chi connectivity index (χ1n) is 10.5. The number of carbonyl (C=O) groups is 4. The third-order valence-corrected chi connectivity index (χ3v) is 5.54. The summed E-state index contributed by atoms with van der Waals surface area (Å²) in [5.41, 5.74) is -5.41. The minimum atomic E-state index is -5.31. The predicted molar refractivity (Wildman–Crippen MR) is 120 cm³/mol. The molecule has 0 bridgehead atoms. The Morgan fingerprint density at radius 1 is 0.625 bits per heavy atom. The van der Waals surface area contributed by atoms with Crippen LogP contribution in [-0.2, 0) is 5.41 Å². The molecule has 4 N–H and O–H groups in total. The minimum Gasteiger partial charge on any atom is -0.456 e. The third kappa shape index (κ3) is 4.80. The first-order chi connectivity index (χ1) is 18.7. The molecule has 1 aliphatic rings. The number of ether oxygens (including phenoxy) is 5. The van der Waals surface area contributed by atoms with Gasteiger partial charge in [-0.15, -0.1) is 0 Å². The van der Waals surface area contributed by atoms with Gasteiger partial charge >= 0.3 is 30.8 Å². The number of alkyl halides is 3. The van der Waals surface area contributed by atoms with Crippen molar-refractivity contribution in [3.8, 4) is 34.5 Å². The number of rotatable bonds is 5. The molecular formula is C24H13F3O13. The van der Waals surface area contributed by atoms with Crippen molar-refractivity contribution in [2.75, 3.05) is 0 Å². The normalized spacial score (nSPS) is 13.1. The van der Waals surface area contributed by atoms with Gasteiger partial charge in [0.1, 0.15) is 16.9 Å². The molecule has 0 fully saturated rings. The van der Waals surface area contributed by atoms with Gasteiger partial charge in [-0.1, -0.05) is 30.3 Å². The van der Waals surface area contributed by atoms with Crippen LogP contribution in [0.4, 0.5) is 32.3 Å².